The van der Waals surface area contributed by atoms with Crippen LogP contribution in [0.4, 0.5) is 0 Å². The lowest BCUT2D eigenvalue weighted by molar-refractivity contribution is -0.139. The number of nitrogens with zero attached hydrogens (tertiary/aromatic N) is 2. The third-order valence-electron chi connectivity index (χ3n) is 3.58. The molecule has 1 N–H and O–H groups in total. The minimum absolute atomic E-state index is 0.0466. The summed E-state index contributed by atoms with van der Waals surface area (Å²) in [6.07, 6.45) is 1.59. The maximum atomic E-state index is 12.4. The largest absolute Gasteiger partial charge is 0.469 e. The molecule has 118 valence electrons. The Balaban J connectivity index is 2.24. The van der Waals surface area contributed by atoms with E-state index >= 15 is 0 Å². The Hall–Kier alpha value is -2.57. The van der Waals surface area contributed by atoms with Crippen LogP contribution in [-0.2, 0) is 22.5 Å². The fourth-order valence-electron chi connectivity index (χ4n) is 2.14. The van der Waals surface area contributed by atoms with E-state index in [0.29, 0.717) is 17.9 Å². The molecule has 0 fully saturated rings. The average Bonchev–Trinajstić information content (AvgIpc) is 2.81. The summed E-state index contributed by atoms with van der Waals surface area (Å²) in [7, 11) is 1.30. The molecule has 0 saturated heterocycles. The number of pyridine rings is 1. The monoisotopic (exact) mass is 305 g/mol. The van der Waals surface area contributed by atoms with E-state index in [2.05, 4.69) is 15.3 Å². The van der Waals surface area contributed by atoms with Crippen molar-refractivity contribution in [3.05, 3.63) is 50.8 Å². The minimum atomic E-state index is -0.441. The van der Waals surface area contributed by atoms with Gasteiger partial charge in [-0.3, -0.25) is 9.59 Å². The Morgan fingerprint density at radius 2 is 2.09 bits per heavy atom. The molecule has 22 heavy (non-hydrogen) atoms. The summed E-state index contributed by atoms with van der Waals surface area (Å²) in [6, 6.07) is 1.78. The van der Waals surface area contributed by atoms with Crippen molar-refractivity contribution in [2.45, 2.75) is 33.7 Å². The standard InChI is InChI=1S/C15H19N3O4/c1-9-5-6-18(15(20)12(9)7-14(19)21-4)16-8-13-10(2)17-22-11(13)3/h5-6,16H,7-8H2,1-4H3. The third-order valence-corrected chi connectivity index (χ3v) is 3.58. The van der Waals surface area contributed by atoms with Gasteiger partial charge in [0.05, 0.1) is 25.8 Å². The number of nitrogens with one attached hydrogen (secondary N) is 1. The summed E-state index contributed by atoms with van der Waals surface area (Å²) in [5.74, 6) is 0.267. The minimum Gasteiger partial charge on any atom is -0.469 e. The van der Waals surface area contributed by atoms with Crippen molar-refractivity contribution < 1.29 is 14.1 Å². The molecule has 0 atom stereocenters. The zero-order valence-electron chi connectivity index (χ0n) is 13.1. The van der Waals surface area contributed by atoms with Crippen molar-refractivity contribution in [3.8, 4) is 0 Å². The predicted molar refractivity (Wildman–Crippen MR) is 80.2 cm³/mol. The summed E-state index contributed by atoms with van der Waals surface area (Å²) < 4.78 is 11.1. The van der Waals surface area contributed by atoms with Crippen LogP contribution in [0.2, 0.25) is 0 Å². The molecule has 0 unspecified atom stereocenters. The van der Waals surface area contributed by atoms with Gasteiger partial charge < -0.3 is 14.7 Å². The molecule has 0 aliphatic rings. The molecule has 2 aromatic rings. The molecule has 0 radical (unpaired) electrons. The lowest BCUT2D eigenvalue weighted by atomic mass is 10.1. The van der Waals surface area contributed by atoms with Gasteiger partial charge in [-0.15, -0.1) is 0 Å². The number of ether oxygens (including phenoxy) is 1. The normalized spacial score (nSPS) is 10.5. The van der Waals surface area contributed by atoms with Gasteiger partial charge in [0.25, 0.3) is 5.56 Å². The van der Waals surface area contributed by atoms with Crippen LogP contribution in [0.3, 0.4) is 0 Å². The highest BCUT2D eigenvalue weighted by Gasteiger charge is 2.13. The first kappa shape index (κ1) is 15.8. The number of aryl methyl sites for hydroxylation is 3. The zero-order chi connectivity index (χ0) is 16.3. The van der Waals surface area contributed by atoms with Crippen LogP contribution in [0.25, 0.3) is 0 Å². The van der Waals surface area contributed by atoms with Crippen molar-refractivity contribution in [1.82, 2.24) is 9.83 Å². The SMILES string of the molecule is COC(=O)Cc1c(C)ccn(NCc2c(C)noc2C)c1=O. The van der Waals surface area contributed by atoms with Gasteiger partial charge in [0, 0.05) is 17.3 Å². The first-order valence-electron chi connectivity index (χ1n) is 6.87. The van der Waals surface area contributed by atoms with Gasteiger partial charge in [0.15, 0.2) is 0 Å². The second kappa shape index (κ2) is 6.46. The molecule has 0 aromatic carbocycles. The fourth-order valence-corrected chi connectivity index (χ4v) is 2.14. The molecular weight excluding hydrogens is 286 g/mol. The van der Waals surface area contributed by atoms with Crippen molar-refractivity contribution in [3.63, 3.8) is 0 Å². The van der Waals surface area contributed by atoms with E-state index in [4.69, 9.17) is 4.52 Å². The highest BCUT2D eigenvalue weighted by atomic mass is 16.5. The topological polar surface area (TPSA) is 86.4 Å². The van der Waals surface area contributed by atoms with Crippen molar-refractivity contribution in [1.29, 1.82) is 0 Å². The van der Waals surface area contributed by atoms with Gasteiger partial charge in [-0.2, -0.15) is 0 Å². The number of esters is 1. The van der Waals surface area contributed by atoms with E-state index in [1.54, 1.807) is 19.2 Å². The first-order valence-corrected chi connectivity index (χ1v) is 6.87. The van der Waals surface area contributed by atoms with E-state index < -0.39 is 5.97 Å². The molecule has 0 saturated carbocycles. The van der Waals surface area contributed by atoms with Crippen molar-refractivity contribution in [2.24, 2.45) is 0 Å². The maximum absolute atomic E-state index is 12.4. The number of carbonyl (C=O) groups excluding carboxylic acids is 1. The van der Waals surface area contributed by atoms with Crippen molar-refractivity contribution >= 4 is 5.97 Å². The Labute approximate surface area is 127 Å². The molecule has 0 aliphatic carbocycles. The van der Waals surface area contributed by atoms with Gasteiger partial charge in [0.1, 0.15) is 5.76 Å². The number of rotatable bonds is 5. The van der Waals surface area contributed by atoms with Gasteiger partial charge in [0.2, 0.25) is 0 Å². The van der Waals surface area contributed by atoms with Crippen LogP contribution in [-0.4, -0.2) is 22.9 Å². The van der Waals surface area contributed by atoms with Crippen LogP contribution in [0.1, 0.15) is 28.1 Å². The Morgan fingerprint density at radius 3 is 2.68 bits per heavy atom. The summed E-state index contributed by atoms with van der Waals surface area (Å²) in [6.45, 7) is 5.85. The number of carbonyl (C=O) groups is 1. The molecule has 0 spiro atoms. The maximum Gasteiger partial charge on any atom is 0.310 e. The summed E-state index contributed by atoms with van der Waals surface area (Å²) in [4.78, 5) is 23.8. The van der Waals surface area contributed by atoms with Crippen LogP contribution >= 0.6 is 0 Å². The molecule has 2 rings (SSSR count). The number of hydrogen-bond donors (Lipinski definition) is 1. The van der Waals surface area contributed by atoms with Crippen LogP contribution in [0.15, 0.2) is 21.6 Å². The number of aromatic nitrogens is 2. The van der Waals surface area contributed by atoms with E-state index in [0.717, 1.165) is 16.8 Å². The molecule has 0 amide bonds. The summed E-state index contributed by atoms with van der Waals surface area (Å²) in [5.41, 5.74) is 5.60. The van der Waals surface area contributed by atoms with Gasteiger partial charge >= 0.3 is 5.97 Å². The fraction of sp³-hybridized carbons (Fsp3) is 0.400. The summed E-state index contributed by atoms with van der Waals surface area (Å²) in [5, 5.41) is 3.87. The predicted octanol–water partition coefficient (Wildman–Crippen LogP) is 1.22. The van der Waals surface area contributed by atoms with Gasteiger partial charge in [-0.05, 0) is 32.4 Å². The molecule has 0 bridgehead atoms. The van der Waals surface area contributed by atoms with Crippen molar-refractivity contribution in [2.75, 3.05) is 12.5 Å². The van der Waals surface area contributed by atoms with Crippen LogP contribution < -0.4 is 11.0 Å². The molecule has 0 aliphatic heterocycles. The molecule has 2 aromatic heterocycles. The van der Waals surface area contributed by atoms with Gasteiger partial charge in [-0.25, -0.2) is 4.68 Å². The molecule has 7 nitrogen and oxygen atoms in total. The molecule has 2 heterocycles. The highest BCUT2D eigenvalue weighted by Crippen LogP contribution is 2.12. The Kier molecular flexibility index (Phi) is 4.65. The third kappa shape index (κ3) is 3.19. The average molecular weight is 305 g/mol. The second-order valence-electron chi connectivity index (χ2n) is 5.04. The van der Waals surface area contributed by atoms with Crippen LogP contribution in [0, 0.1) is 20.8 Å². The van der Waals surface area contributed by atoms with E-state index in [1.165, 1.54) is 11.8 Å². The molecule has 7 heteroatoms. The highest BCUT2D eigenvalue weighted by molar-refractivity contribution is 5.72. The number of hydrogen-bond acceptors (Lipinski definition) is 6. The van der Waals surface area contributed by atoms with Gasteiger partial charge in [-0.1, -0.05) is 5.16 Å². The second-order valence-corrected chi connectivity index (χ2v) is 5.04. The lowest BCUT2D eigenvalue weighted by Gasteiger charge is -2.12. The molecular formula is C15H19N3O4. The first-order chi connectivity index (χ1) is 10.4. The van der Waals surface area contributed by atoms with Crippen LogP contribution in [0.5, 0.6) is 0 Å². The zero-order valence-corrected chi connectivity index (χ0v) is 13.1. The van der Waals surface area contributed by atoms with E-state index in [9.17, 15) is 9.59 Å². The Morgan fingerprint density at radius 1 is 1.36 bits per heavy atom. The van der Waals surface area contributed by atoms with E-state index in [1.807, 2.05) is 13.8 Å². The quantitative estimate of drug-likeness (QED) is 0.836. The number of methoxy groups -OCH3 is 1. The van der Waals surface area contributed by atoms with E-state index in [-0.39, 0.29) is 12.0 Å². The Bertz CT molecular complexity index is 726. The lowest BCUT2D eigenvalue weighted by Crippen LogP contribution is -2.32. The summed E-state index contributed by atoms with van der Waals surface area (Å²) >= 11 is 0. The smallest absolute Gasteiger partial charge is 0.310 e.